The fourth-order valence-electron chi connectivity index (χ4n) is 3.83. The molecule has 0 atom stereocenters. The van der Waals surface area contributed by atoms with E-state index < -0.39 is 59.2 Å². The lowest BCUT2D eigenvalue weighted by Gasteiger charge is -2.20. The maximum atomic E-state index is 14.4. The van der Waals surface area contributed by atoms with Gasteiger partial charge in [0.1, 0.15) is 11.6 Å². The van der Waals surface area contributed by atoms with Gasteiger partial charge in [-0.05, 0) is 38.8 Å². The van der Waals surface area contributed by atoms with E-state index in [0.717, 1.165) is 18.9 Å². The second kappa shape index (κ2) is 9.96. The van der Waals surface area contributed by atoms with Gasteiger partial charge in [-0.2, -0.15) is 14.0 Å². The molecule has 0 unspecified atom stereocenters. The molecular formula is C24H19F6N5O3. The van der Waals surface area contributed by atoms with Crippen LogP contribution in [-0.2, 0) is 12.5 Å². The molecule has 2 aromatic heterocycles. The van der Waals surface area contributed by atoms with Crippen molar-refractivity contribution in [2.24, 2.45) is 0 Å². The van der Waals surface area contributed by atoms with Crippen LogP contribution in [0.2, 0.25) is 0 Å². The Morgan fingerprint density at radius 1 is 1.21 bits per heavy atom. The first kappa shape index (κ1) is 26.9. The van der Waals surface area contributed by atoms with Gasteiger partial charge in [0, 0.05) is 17.0 Å². The molecular weight excluding hydrogens is 520 g/mol. The first-order chi connectivity index (χ1) is 17.8. The Morgan fingerprint density at radius 3 is 2.47 bits per heavy atom. The molecule has 1 aromatic carbocycles. The van der Waals surface area contributed by atoms with Crippen molar-refractivity contribution < 1.29 is 31.1 Å². The van der Waals surface area contributed by atoms with Crippen molar-refractivity contribution in [2.45, 2.75) is 57.9 Å². The average molecular weight is 539 g/mol. The molecule has 0 spiro atoms. The maximum Gasteiger partial charge on any atom is 0.352 e. The largest absolute Gasteiger partial charge is 0.449 e. The Hall–Kier alpha value is -4.15. The third-order valence-electron chi connectivity index (χ3n) is 6.01. The zero-order chi connectivity index (χ0) is 27.9. The molecule has 4 rings (SSSR count). The van der Waals surface area contributed by atoms with E-state index >= 15 is 0 Å². The first-order valence-corrected chi connectivity index (χ1v) is 11.2. The summed E-state index contributed by atoms with van der Waals surface area (Å²) in [6, 6.07) is 3.20. The highest BCUT2D eigenvalue weighted by Crippen LogP contribution is 2.41. The number of nitrogens with zero attached hydrogens (tertiary/aromatic N) is 4. The number of nitrogens with one attached hydrogen (secondary N) is 1. The number of aromatic amines is 1. The number of aryl methyl sites for hydroxylation is 1. The van der Waals surface area contributed by atoms with Crippen LogP contribution in [0.25, 0.3) is 0 Å². The molecule has 1 saturated carbocycles. The van der Waals surface area contributed by atoms with Gasteiger partial charge in [0.05, 0.1) is 35.8 Å². The predicted molar refractivity (Wildman–Crippen MR) is 120 cm³/mol. The molecule has 1 fully saturated rings. The lowest BCUT2D eigenvalue weighted by Crippen LogP contribution is -2.33. The van der Waals surface area contributed by atoms with Crippen LogP contribution in [0, 0.1) is 25.2 Å². The number of rotatable bonds is 8. The molecule has 8 nitrogen and oxygen atoms in total. The number of hydrogen-bond donors (Lipinski definition) is 1. The summed E-state index contributed by atoms with van der Waals surface area (Å²) in [5.74, 6) is -6.64. The average Bonchev–Trinajstić information content (AvgIpc) is 3.69. The number of hydrogen-bond acceptors (Lipinski definition) is 6. The highest BCUT2D eigenvalue weighted by atomic mass is 19.3. The van der Waals surface area contributed by atoms with Gasteiger partial charge in [-0.1, -0.05) is 0 Å². The molecule has 2 heterocycles. The third kappa shape index (κ3) is 5.00. The number of alkyl halides is 6. The van der Waals surface area contributed by atoms with E-state index in [4.69, 9.17) is 4.74 Å². The van der Waals surface area contributed by atoms with Crippen LogP contribution in [0.15, 0.2) is 28.0 Å². The molecule has 14 heteroatoms. The Morgan fingerprint density at radius 2 is 1.89 bits per heavy atom. The van der Waals surface area contributed by atoms with Gasteiger partial charge in [0.2, 0.25) is 5.75 Å². The van der Waals surface area contributed by atoms with E-state index in [-0.39, 0.29) is 22.6 Å². The Kier molecular flexibility index (Phi) is 7.05. The molecule has 0 radical (unpaired) electrons. The quantitative estimate of drug-likeness (QED) is 0.411. The zero-order valence-electron chi connectivity index (χ0n) is 19.9. The zero-order valence-corrected chi connectivity index (χ0v) is 19.9. The molecule has 0 saturated heterocycles. The lowest BCUT2D eigenvalue weighted by atomic mass is 10.0. The number of aromatic nitrogens is 4. The van der Waals surface area contributed by atoms with Crippen molar-refractivity contribution in [3.63, 3.8) is 0 Å². The maximum absolute atomic E-state index is 14.4. The molecule has 1 aliphatic rings. The molecule has 200 valence electrons. The van der Waals surface area contributed by atoms with Crippen LogP contribution >= 0.6 is 0 Å². The third-order valence-corrected chi connectivity index (χ3v) is 6.01. The van der Waals surface area contributed by atoms with Crippen LogP contribution in [0.5, 0.6) is 11.5 Å². The number of ether oxygens (including phenoxy) is 1. The lowest BCUT2D eigenvalue weighted by molar-refractivity contribution is -0.139. The van der Waals surface area contributed by atoms with Crippen molar-refractivity contribution in [1.82, 2.24) is 19.5 Å². The van der Waals surface area contributed by atoms with E-state index in [9.17, 15) is 41.2 Å². The predicted octanol–water partition coefficient (Wildman–Crippen LogP) is 4.83. The summed E-state index contributed by atoms with van der Waals surface area (Å²) in [5.41, 5.74) is -4.38. The Balaban J connectivity index is 1.90. The molecule has 1 aliphatic carbocycles. The van der Waals surface area contributed by atoms with Crippen molar-refractivity contribution in [3.8, 4) is 17.6 Å². The standard InChI is InChI=1S/C24H19F6N5O3/c1-10-14(7-31)5-13(20(25)26)6-16(10)38-18-19(24(29,30)23(27)28)32-9-35(22(18)37)8-15-17(12-3-4-12)33-11(2)34-21(15)36/h5-6,9,12,20,23H,3-4,8H2,1-2H3,(H,33,34,36). The first-order valence-electron chi connectivity index (χ1n) is 11.2. The number of halogens is 6. The number of nitriles is 1. The fourth-order valence-corrected chi connectivity index (χ4v) is 3.83. The van der Waals surface area contributed by atoms with Gasteiger partial charge in [0.25, 0.3) is 17.5 Å². The van der Waals surface area contributed by atoms with Crippen LogP contribution < -0.4 is 15.9 Å². The van der Waals surface area contributed by atoms with Crippen molar-refractivity contribution in [1.29, 1.82) is 5.26 Å². The van der Waals surface area contributed by atoms with E-state index in [2.05, 4.69) is 15.0 Å². The normalized spacial score (nSPS) is 13.7. The van der Waals surface area contributed by atoms with Crippen molar-refractivity contribution >= 4 is 0 Å². The van der Waals surface area contributed by atoms with E-state index in [1.807, 2.05) is 0 Å². The summed E-state index contributed by atoms with van der Waals surface area (Å²) in [6.07, 6.45) is -5.34. The molecule has 38 heavy (non-hydrogen) atoms. The molecule has 1 N–H and O–H groups in total. The van der Waals surface area contributed by atoms with Crippen LogP contribution in [0.1, 0.15) is 64.7 Å². The summed E-state index contributed by atoms with van der Waals surface area (Å²) < 4.78 is 88.1. The number of H-pyrrole nitrogens is 1. The Labute approximate surface area is 210 Å². The molecule has 0 amide bonds. The minimum atomic E-state index is -4.96. The minimum Gasteiger partial charge on any atom is -0.449 e. The minimum absolute atomic E-state index is 0.0445. The number of benzene rings is 1. The van der Waals surface area contributed by atoms with Crippen molar-refractivity contribution in [3.05, 3.63) is 78.6 Å². The summed E-state index contributed by atoms with van der Waals surface area (Å²) >= 11 is 0. The van der Waals surface area contributed by atoms with Crippen LogP contribution in [-0.4, -0.2) is 25.9 Å². The van der Waals surface area contributed by atoms with Gasteiger partial charge in [0.15, 0.2) is 5.69 Å². The van der Waals surface area contributed by atoms with Gasteiger partial charge in [-0.3, -0.25) is 14.2 Å². The molecule has 0 aliphatic heterocycles. The van der Waals surface area contributed by atoms with E-state index in [0.29, 0.717) is 28.5 Å². The smallest absolute Gasteiger partial charge is 0.352 e. The van der Waals surface area contributed by atoms with Gasteiger partial charge in [-0.15, -0.1) is 0 Å². The Bertz CT molecular complexity index is 1560. The molecule has 3 aromatic rings. The summed E-state index contributed by atoms with van der Waals surface area (Å²) in [7, 11) is 0. The second-order valence-corrected chi connectivity index (χ2v) is 8.77. The fraction of sp³-hybridized carbons (Fsp3) is 0.375. The summed E-state index contributed by atoms with van der Waals surface area (Å²) in [5, 5.41) is 9.27. The summed E-state index contributed by atoms with van der Waals surface area (Å²) in [6.45, 7) is 2.29. The topological polar surface area (TPSA) is 114 Å². The summed E-state index contributed by atoms with van der Waals surface area (Å²) in [4.78, 5) is 36.1. The highest BCUT2D eigenvalue weighted by Gasteiger charge is 2.48. The highest BCUT2D eigenvalue weighted by molar-refractivity contribution is 5.51. The van der Waals surface area contributed by atoms with E-state index in [1.165, 1.54) is 6.92 Å². The van der Waals surface area contributed by atoms with Crippen LogP contribution in [0.4, 0.5) is 26.3 Å². The van der Waals surface area contributed by atoms with E-state index in [1.54, 1.807) is 13.0 Å². The van der Waals surface area contributed by atoms with Gasteiger partial charge < -0.3 is 9.72 Å². The SMILES string of the molecule is Cc1nc(C2CC2)c(Cn2cnc(C(F)(F)C(F)F)c(Oc3cc(C(F)F)cc(C#N)c3C)c2=O)c(=O)[nH]1. The molecule has 0 bridgehead atoms. The van der Waals surface area contributed by atoms with Crippen LogP contribution in [0.3, 0.4) is 0 Å². The van der Waals surface area contributed by atoms with Gasteiger partial charge >= 0.3 is 12.3 Å². The van der Waals surface area contributed by atoms with Crippen molar-refractivity contribution in [2.75, 3.05) is 0 Å². The second-order valence-electron chi connectivity index (χ2n) is 8.77. The monoisotopic (exact) mass is 539 g/mol. The van der Waals surface area contributed by atoms with Gasteiger partial charge in [-0.25, -0.2) is 27.5 Å².